The zero-order chi connectivity index (χ0) is 18.4. The molecule has 0 unspecified atom stereocenters. The van der Waals surface area contributed by atoms with Crippen LogP contribution in [0.4, 0.5) is 23.0 Å². The van der Waals surface area contributed by atoms with Gasteiger partial charge in [0.1, 0.15) is 6.33 Å². The maximum Gasteiger partial charge on any atom is 0.353 e. The molecule has 0 amide bonds. The lowest BCUT2D eigenvalue weighted by Crippen LogP contribution is -2.21. The third kappa shape index (κ3) is 4.40. The molecule has 1 aromatic heterocycles. The first-order valence-corrected chi connectivity index (χ1v) is 7.75. The fourth-order valence-electron chi connectivity index (χ4n) is 2.24. The highest BCUT2D eigenvalue weighted by Gasteiger charge is 2.25. The van der Waals surface area contributed by atoms with E-state index in [1.165, 1.54) is 30.6 Å². The van der Waals surface area contributed by atoms with Crippen LogP contribution in [0.5, 0.6) is 0 Å². The first-order chi connectivity index (χ1) is 11.9. The number of carboxylic acids is 1. The Morgan fingerprint density at radius 1 is 1.32 bits per heavy atom. The lowest BCUT2D eigenvalue weighted by molar-refractivity contribution is -0.383. The number of aromatic nitrogens is 2. The van der Waals surface area contributed by atoms with Gasteiger partial charge >= 0.3 is 11.7 Å². The molecule has 0 radical (unpaired) electrons. The first kappa shape index (κ1) is 18.1. The van der Waals surface area contributed by atoms with Crippen LogP contribution in [0, 0.1) is 10.1 Å². The number of unbranched alkanes of at least 4 members (excludes halogenated alkanes) is 1. The van der Waals surface area contributed by atoms with Gasteiger partial charge < -0.3 is 15.3 Å². The fraction of sp³-hybridized carbons (Fsp3) is 0.312. The normalized spacial score (nSPS) is 10.3. The molecule has 0 fully saturated rings. The van der Waals surface area contributed by atoms with E-state index in [0.717, 1.165) is 12.8 Å². The first-order valence-electron chi connectivity index (χ1n) is 7.75. The number of nitrogens with zero attached hydrogens (tertiary/aromatic N) is 4. The van der Waals surface area contributed by atoms with Crippen molar-refractivity contribution in [1.82, 2.24) is 9.97 Å². The van der Waals surface area contributed by atoms with Gasteiger partial charge in [-0.2, -0.15) is 0 Å². The molecular weight excluding hydrogens is 326 g/mol. The molecule has 0 bridgehead atoms. The minimum Gasteiger partial charge on any atom is -0.478 e. The van der Waals surface area contributed by atoms with E-state index in [4.69, 9.17) is 5.11 Å². The van der Waals surface area contributed by atoms with Gasteiger partial charge in [-0.25, -0.2) is 14.8 Å². The molecule has 132 valence electrons. The van der Waals surface area contributed by atoms with Crippen molar-refractivity contribution < 1.29 is 14.8 Å². The average Bonchev–Trinajstić information content (AvgIpc) is 2.59. The van der Waals surface area contributed by atoms with Crippen LogP contribution in [0.3, 0.4) is 0 Å². The molecule has 0 aliphatic carbocycles. The second-order valence-corrected chi connectivity index (χ2v) is 5.43. The molecule has 0 atom stereocenters. The van der Waals surface area contributed by atoms with E-state index < -0.39 is 10.9 Å². The van der Waals surface area contributed by atoms with Crippen molar-refractivity contribution in [3.05, 3.63) is 46.3 Å². The van der Waals surface area contributed by atoms with Crippen LogP contribution in [0.15, 0.2) is 30.6 Å². The molecule has 2 N–H and O–H groups in total. The average molecular weight is 345 g/mol. The van der Waals surface area contributed by atoms with Crippen LogP contribution in [0.2, 0.25) is 0 Å². The van der Waals surface area contributed by atoms with E-state index in [-0.39, 0.29) is 22.9 Å². The van der Waals surface area contributed by atoms with Crippen LogP contribution in [0.25, 0.3) is 0 Å². The van der Waals surface area contributed by atoms with Crippen molar-refractivity contribution in [1.29, 1.82) is 0 Å². The van der Waals surface area contributed by atoms with Gasteiger partial charge in [0.05, 0.1) is 10.5 Å². The summed E-state index contributed by atoms with van der Waals surface area (Å²) in [5, 5.41) is 23.3. The van der Waals surface area contributed by atoms with Crippen LogP contribution in [0.1, 0.15) is 30.1 Å². The standard InChI is InChI=1S/C16H19N5O4/c1-3-4-9-20(2)15-13(21(24)25)14(17-10-18-15)19-12-7-5-11(6-8-12)16(22)23/h5-8,10H,3-4,9H2,1-2H3,(H,22,23)(H,17,18,19). The van der Waals surface area contributed by atoms with Gasteiger partial charge in [0.2, 0.25) is 11.6 Å². The third-order valence-corrected chi connectivity index (χ3v) is 3.59. The van der Waals surface area contributed by atoms with Crippen molar-refractivity contribution in [2.45, 2.75) is 19.8 Å². The maximum absolute atomic E-state index is 11.5. The molecule has 0 aliphatic heterocycles. The third-order valence-electron chi connectivity index (χ3n) is 3.59. The Balaban J connectivity index is 2.33. The molecule has 0 spiro atoms. The summed E-state index contributed by atoms with van der Waals surface area (Å²) in [6.45, 7) is 2.68. The van der Waals surface area contributed by atoms with Crippen molar-refractivity contribution in [2.24, 2.45) is 0 Å². The Labute approximate surface area is 144 Å². The minimum absolute atomic E-state index is 0.0569. The molecule has 25 heavy (non-hydrogen) atoms. The Bertz CT molecular complexity index is 764. The van der Waals surface area contributed by atoms with E-state index in [9.17, 15) is 14.9 Å². The van der Waals surface area contributed by atoms with E-state index in [0.29, 0.717) is 12.2 Å². The zero-order valence-electron chi connectivity index (χ0n) is 14.0. The Kier molecular flexibility index (Phi) is 5.83. The monoisotopic (exact) mass is 345 g/mol. The molecule has 0 saturated heterocycles. The highest BCUT2D eigenvalue weighted by Crippen LogP contribution is 2.33. The van der Waals surface area contributed by atoms with Gasteiger partial charge in [0.15, 0.2) is 0 Å². The second kappa shape index (κ2) is 8.04. The number of hydrogen-bond acceptors (Lipinski definition) is 7. The molecule has 1 heterocycles. The van der Waals surface area contributed by atoms with Crippen LogP contribution >= 0.6 is 0 Å². The number of anilines is 3. The largest absolute Gasteiger partial charge is 0.478 e. The zero-order valence-corrected chi connectivity index (χ0v) is 14.0. The molecule has 0 saturated carbocycles. The van der Waals surface area contributed by atoms with Gasteiger partial charge in [0.25, 0.3) is 0 Å². The number of benzene rings is 1. The van der Waals surface area contributed by atoms with Gasteiger partial charge in [-0.1, -0.05) is 13.3 Å². The Morgan fingerprint density at radius 2 is 2.00 bits per heavy atom. The fourth-order valence-corrected chi connectivity index (χ4v) is 2.24. The molecule has 2 rings (SSSR count). The summed E-state index contributed by atoms with van der Waals surface area (Å²) in [4.78, 5) is 31.6. The number of rotatable bonds is 8. The van der Waals surface area contributed by atoms with Crippen molar-refractivity contribution in [3.8, 4) is 0 Å². The minimum atomic E-state index is -1.04. The Morgan fingerprint density at radius 3 is 2.56 bits per heavy atom. The molecule has 2 aromatic rings. The van der Waals surface area contributed by atoms with Crippen LogP contribution < -0.4 is 10.2 Å². The quantitative estimate of drug-likeness (QED) is 0.553. The number of carboxylic acid groups (broad SMARTS) is 1. The summed E-state index contributed by atoms with van der Waals surface area (Å²) in [5.74, 6) is -0.751. The van der Waals surface area contributed by atoms with Crippen molar-refractivity contribution in [3.63, 3.8) is 0 Å². The number of nitrogens with one attached hydrogen (secondary N) is 1. The van der Waals surface area contributed by atoms with Gasteiger partial charge in [-0.15, -0.1) is 0 Å². The summed E-state index contributed by atoms with van der Waals surface area (Å²) >= 11 is 0. The van der Waals surface area contributed by atoms with E-state index in [2.05, 4.69) is 15.3 Å². The van der Waals surface area contributed by atoms with Crippen molar-refractivity contribution in [2.75, 3.05) is 23.8 Å². The van der Waals surface area contributed by atoms with E-state index >= 15 is 0 Å². The van der Waals surface area contributed by atoms with Crippen molar-refractivity contribution >= 4 is 29.0 Å². The lowest BCUT2D eigenvalue weighted by atomic mass is 10.2. The van der Waals surface area contributed by atoms with E-state index in [1.807, 2.05) is 6.92 Å². The second-order valence-electron chi connectivity index (χ2n) is 5.43. The Hall–Kier alpha value is -3.23. The van der Waals surface area contributed by atoms with Gasteiger partial charge in [0, 0.05) is 19.3 Å². The molecule has 0 aliphatic rings. The molecule has 9 heteroatoms. The molecule has 9 nitrogen and oxygen atoms in total. The smallest absolute Gasteiger partial charge is 0.353 e. The number of aromatic carboxylic acids is 1. The topological polar surface area (TPSA) is 121 Å². The number of hydrogen-bond donors (Lipinski definition) is 2. The number of carbonyl (C=O) groups is 1. The van der Waals surface area contributed by atoms with Crippen LogP contribution in [-0.2, 0) is 0 Å². The molecular formula is C16H19N5O4. The number of nitro groups is 1. The summed E-state index contributed by atoms with van der Waals surface area (Å²) in [5.41, 5.74) is 0.403. The van der Waals surface area contributed by atoms with E-state index in [1.54, 1.807) is 11.9 Å². The van der Waals surface area contributed by atoms with Gasteiger partial charge in [-0.3, -0.25) is 10.1 Å². The SMILES string of the molecule is CCCCN(C)c1ncnc(Nc2ccc(C(=O)O)cc2)c1[N+](=O)[O-]. The molecule has 1 aromatic carbocycles. The highest BCUT2D eigenvalue weighted by molar-refractivity contribution is 5.88. The predicted octanol–water partition coefficient (Wildman–Crippen LogP) is 3.06. The van der Waals surface area contributed by atoms with Gasteiger partial charge in [-0.05, 0) is 30.7 Å². The lowest BCUT2D eigenvalue weighted by Gasteiger charge is -2.18. The summed E-state index contributed by atoms with van der Waals surface area (Å²) < 4.78 is 0. The summed E-state index contributed by atoms with van der Waals surface area (Å²) in [7, 11) is 1.75. The maximum atomic E-state index is 11.5. The summed E-state index contributed by atoms with van der Waals surface area (Å²) in [6, 6.07) is 5.86. The highest BCUT2D eigenvalue weighted by atomic mass is 16.6. The predicted molar refractivity (Wildman–Crippen MR) is 93.5 cm³/mol. The summed E-state index contributed by atoms with van der Waals surface area (Å²) in [6.07, 6.45) is 3.11. The van der Waals surface area contributed by atoms with Crippen LogP contribution in [-0.4, -0.2) is 39.6 Å².